The lowest BCUT2D eigenvalue weighted by Crippen LogP contribution is -2.42. The largest absolute Gasteiger partial charge is 0.342 e. The van der Waals surface area contributed by atoms with Gasteiger partial charge in [-0.15, -0.1) is 0 Å². The third-order valence-electron chi connectivity index (χ3n) is 3.78. The van der Waals surface area contributed by atoms with E-state index in [1.54, 1.807) is 0 Å². The number of carbonyl (C=O) groups excluding carboxylic acids is 1. The molecule has 1 aliphatic rings. The zero-order valence-electron chi connectivity index (χ0n) is 11.4. The second-order valence-electron chi connectivity index (χ2n) is 5.26. The second-order valence-corrected chi connectivity index (χ2v) is 5.26. The van der Waals surface area contributed by atoms with E-state index in [2.05, 4.69) is 0 Å². The Hall–Kier alpha value is -1.49. The number of nitrogens with two attached hydrogens (primary N) is 1. The summed E-state index contributed by atoms with van der Waals surface area (Å²) in [5.41, 5.74) is 6.00. The molecule has 1 atom stereocenters. The van der Waals surface area contributed by atoms with E-state index in [1.807, 2.05) is 4.90 Å². The van der Waals surface area contributed by atoms with Crippen molar-refractivity contribution in [1.29, 1.82) is 0 Å². The van der Waals surface area contributed by atoms with Crippen molar-refractivity contribution in [1.82, 2.24) is 4.90 Å². The van der Waals surface area contributed by atoms with E-state index in [1.165, 1.54) is 12.1 Å². The Kier molecular flexibility index (Phi) is 5.06. The van der Waals surface area contributed by atoms with Crippen LogP contribution >= 0.6 is 0 Å². The molecule has 0 saturated carbocycles. The molecule has 0 radical (unpaired) electrons. The van der Waals surface area contributed by atoms with Crippen molar-refractivity contribution in [3.63, 3.8) is 0 Å². The topological polar surface area (TPSA) is 46.3 Å². The molecule has 0 bridgehead atoms. The van der Waals surface area contributed by atoms with Crippen LogP contribution in [-0.4, -0.2) is 30.4 Å². The predicted octanol–water partition coefficient (Wildman–Crippen LogP) is 2.09. The summed E-state index contributed by atoms with van der Waals surface area (Å²) in [6, 6.07) is 3.43. The van der Waals surface area contributed by atoms with E-state index in [0.717, 1.165) is 38.4 Å². The number of hydrogen-bond acceptors (Lipinski definition) is 2. The first-order valence-electron chi connectivity index (χ1n) is 7.04. The summed E-state index contributed by atoms with van der Waals surface area (Å²) in [5.74, 6) is -1.68. The van der Waals surface area contributed by atoms with Gasteiger partial charge in [-0.2, -0.15) is 0 Å². The third kappa shape index (κ3) is 3.54. The highest BCUT2D eigenvalue weighted by Gasteiger charge is 2.25. The number of nitrogens with zero attached hydrogens (tertiary/aromatic N) is 1. The Balaban J connectivity index is 2.05. The summed E-state index contributed by atoms with van der Waals surface area (Å²) in [6.07, 6.45) is 3.38. The first kappa shape index (κ1) is 14.9. The van der Waals surface area contributed by atoms with Crippen LogP contribution in [-0.2, 0) is 11.2 Å². The standard InChI is InChI=1S/C15H20F2N2O/c16-13-5-4-11(14(17)9-13)8-12(10-18)15(20)19-6-2-1-3-7-19/h4-5,9,12H,1-3,6-8,10,18H2. The van der Waals surface area contributed by atoms with Gasteiger partial charge < -0.3 is 10.6 Å². The number of halogens is 2. The van der Waals surface area contributed by atoms with Crippen LogP contribution in [0.15, 0.2) is 18.2 Å². The van der Waals surface area contributed by atoms with Gasteiger partial charge in [0.05, 0.1) is 5.92 Å². The molecule has 20 heavy (non-hydrogen) atoms. The molecule has 1 saturated heterocycles. The van der Waals surface area contributed by atoms with Gasteiger partial charge in [-0.1, -0.05) is 6.07 Å². The molecule has 1 aliphatic heterocycles. The van der Waals surface area contributed by atoms with Gasteiger partial charge in [-0.3, -0.25) is 4.79 Å². The Bertz CT molecular complexity index is 473. The van der Waals surface area contributed by atoms with Gasteiger partial charge in [0.15, 0.2) is 0 Å². The van der Waals surface area contributed by atoms with Crippen LogP contribution in [0.5, 0.6) is 0 Å². The fourth-order valence-corrected chi connectivity index (χ4v) is 2.60. The number of amides is 1. The molecule has 1 amide bonds. The first-order chi connectivity index (χ1) is 9.61. The van der Waals surface area contributed by atoms with E-state index < -0.39 is 17.6 Å². The molecule has 1 aromatic carbocycles. The van der Waals surface area contributed by atoms with Crippen LogP contribution in [0.1, 0.15) is 24.8 Å². The Morgan fingerprint density at radius 1 is 1.25 bits per heavy atom. The number of benzene rings is 1. The zero-order chi connectivity index (χ0) is 14.5. The highest BCUT2D eigenvalue weighted by Crippen LogP contribution is 2.18. The van der Waals surface area contributed by atoms with Crippen molar-refractivity contribution in [2.45, 2.75) is 25.7 Å². The van der Waals surface area contributed by atoms with Crippen LogP contribution in [0, 0.1) is 17.6 Å². The molecule has 2 N–H and O–H groups in total. The fraction of sp³-hybridized carbons (Fsp3) is 0.533. The number of piperidine rings is 1. The van der Waals surface area contributed by atoms with Crippen LogP contribution < -0.4 is 5.73 Å². The maximum atomic E-state index is 13.6. The Morgan fingerprint density at radius 2 is 1.95 bits per heavy atom. The summed E-state index contributed by atoms with van der Waals surface area (Å²) >= 11 is 0. The van der Waals surface area contributed by atoms with Crippen LogP contribution in [0.4, 0.5) is 8.78 Å². The van der Waals surface area contributed by atoms with Crippen molar-refractivity contribution >= 4 is 5.91 Å². The SMILES string of the molecule is NCC(Cc1ccc(F)cc1F)C(=O)N1CCCCC1. The van der Waals surface area contributed by atoms with Gasteiger partial charge in [0.1, 0.15) is 11.6 Å². The molecule has 1 heterocycles. The Morgan fingerprint density at radius 3 is 2.55 bits per heavy atom. The highest BCUT2D eigenvalue weighted by atomic mass is 19.1. The van der Waals surface area contributed by atoms with Crippen molar-refractivity contribution < 1.29 is 13.6 Å². The molecular formula is C15H20F2N2O. The van der Waals surface area contributed by atoms with E-state index >= 15 is 0 Å². The van der Waals surface area contributed by atoms with E-state index in [0.29, 0.717) is 5.56 Å². The zero-order valence-corrected chi connectivity index (χ0v) is 11.4. The molecule has 1 aromatic rings. The molecule has 1 unspecified atom stereocenters. The summed E-state index contributed by atoms with van der Waals surface area (Å²) < 4.78 is 26.5. The van der Waals surface area contributed by atoms with Gasteiger partial charge in [-0.25, -0.2) is 8.78 Å². The minimum absolute atomic E-state index is 0.0177. The lowest BCUT2D eigenvalue weighted by molar-refractivity contribution is -0.136. The average molecular weight is 282 g/mol. The summed E-state index contributed by atoms with van der Waals surface area (Å²) in [6.45, 7) is 1.68. The van der Waals surface area contributed by atoms with Crippen LogP contribution in [0.2, 0.25) is 0 Å². The number of hydrogen-bond donors (Lipinski definition) is 1. The summed E-state index contributed by atoms with van der Waals surface area (Å²) in [5, 5.41) is 0. The molecule has 1 fully saturated rings. The van der Waals surface area contributed by atoms with Gasteiger partial charge >= 0.3 is 0 Å². The van der Waals surface area contributed by atoms with Crippen molar-refractivity contribution in [2.75, 3.05) is 19.6 Å². The quantitative estimate of drug-likeness (QED) is 0.919. The lowest BCUT2D eigenvalue weighted by Gasteiger charge is -2.30. The first-order valence-corrected chi connectivity index (χ1v) is 7.04. The summed E-state index contributed by atoms with van der Waals surface area (Å²) in [4.78, 5) is 14.2. The minimum Gasteiger partial charge on any atom is -0.342 e. The van der Waals surface area contributed by atoms with Crippen molar-refractivity contribution in [2.24, 2.45) is 11.7 Å². The van der Waals surface area contributed by atoms with Gasteiger partial charge in [0, 0.05) is 25.7 Å². The second kappa shape index (κ2) is 6.79. The monoisotopic (exact) mass is 282 g/mol. The lowest BCUT2D eigenvalue weighted by atomic mass is 9.96. The summed E-state index contributed by atoms with van der Waals surface area (Å²) in [7, 11) is 0. The minimum atomic E-state index is -0.616. The fourth-order valence-electron chi connectivity index (χ4n) is 2.60. The predicted molar refractivity (Wildman–Crippen MR) is 73.0 cm³/mol. The van der Waals surface area contributed by atoms with E-state index in [9.17, 15) is 13.6 Å². The highest BCUT2D eigenvalue weighted by molar-refractivity contribution is 5.79. The van der Waals surface area contributed by atoms with Gasteiger partial charge in [0.25, 0.3) is 0 Å². The molecule has 0 aliphatic carbocycles. The molecule has 110 valence electrons. The molecular weight excluding hydrogens is 262 g/mol. The molecule has 3 nitrogen and oxygen atoms in total. The Labute approximate surface area is 117 Å². The van der Waals surface area contributed by atoms with E-state index in [-0.39, 0.29) is 18.9 Å². The molecule has 2 rings (SSSR count). The molecule has 5 heteroatoms. The van der Waals surface area contributed by atoms with Crippen molar-refractivity contribution in [3.05, 3.63) is 35.4 Å². The normalized spacial score (nSPS) is 17.1. The third-order valence-corrected chi connectivity index (χ3v) is 3.78. The molecule has 0 aromatic heterocycles. The van der Waals surface area contributed by atoms with E-state index in [4.69, 9.17) is 5.73 Å². The number of carbonyl (C=O) groups is 1. The smallest absolute Gasteiger partial charge is 0.227 e. The van der Waals surface area contributed by atoms with Gasteiger partial charge in [0.2, 0.25) is 5.91 Å². The van der Waals surface area contributed by atoms with Crippen LogP contribution in [0.3, 0.4) is 0 Å². The average Bonchev–Trinajstić information content (AvgIpc) is 2.47. The number of likely N-dealkylation sites (tertiary alicyclic amines) is 1. The van der Waals surface area contributed by atoms with Gasteiger partial charge in [-0.05, 0) is 37.3 Å². The number of rotatable bonds is 4. The van der Waals surface area contributed by atoms with Crippen LogP contribution in [0.25, 0.3) is 0 Å². The molecule has 0 spiro atoms. The maximum Gasteiger partial charge on any atom is 0.227 e. The maximum absolute atomic E-state index is 13.6. The van der Waals surface area contributed by atoms with Crippen molar-refractivity contribution in [3.8, 4) is 0 Å².